The Hall–Kier alpha value is -3.63. The number of pyridine rings is 1. The van der Waals surface area contributed by atoms with Crippen molar-refractivity contribution in [1.82, 2.24) is 14.5 Å². The molecule has 0 amide bonds. The number of fused-ring (bicyclic) bond motifs is 1. The Morgan fingerprint density at radius 1 is 1.18 bits per heavy atom. The van der Waals surface area contributed by atoms with Crippen molar-refractivity contribution in [2.24, 2.45) is 18.2 Å². The summed E-state index contributed by atoms with van der Waals surface area (Å²) in [5, 5.41) is 9.46. The van der Waals surface area contributed by atoms with Gasteiger partial charge in [-0.15, -0.1) is 0 Å². The number of anilines is 1. The van der Waals surface area contributed by atoms with Crippen molar-refractivity contribution in [1.29, 1.82) is 0 Å². The topological polar surface area (TPSA) is 97.3 Å². The van der Waals surface area contributed by atoms with Gasteiger partial charge in [0.15, 0.2) is 0 Å². The summed E-state index contributed by atoms with van der Waals surface area (Å²) >= 11 is 0. The van der Waals surface area contributed by atoms with Crippen LogP contribution in [0, 0.1) is 17.3 Å². The van der Waals surface area contributed by atoms with Gasteiger partial charge >= 0.3 is 0 Å². The van der Waals surface area contributed by atoms with E-state index in [9.17, 15) is 9.90 Å². The zero-order chi connectivity index (χ0) is 23.0. The number of nitrogens with two attached hydrogens (primary N) is 1. The molecule has 0 unspecified atom stereocenters. The SMILES string of the molecule is Cn1c(N2CCC3(CC2)Cc2ccccc2[C@H]3N)ncc(C#CCc2cccc(O)n2)c1=O. The lowest BCUT2D eigenvalue weighted by Crippen LogP contribution is -2.46. The first-order valence-electron chi connectivity index (χ1n) is 11.2. The normalized spacial score (nSPS) is 18.6. The van der Waals surface area contributed by atoms with Gasteiger partial charge in [0.25, 0.3) is 5.56 Å². The van der Waals surface area contributed by atoms with Crippen LogP contribution in [0.1, 0.15) is 41.3 Å². The minimum absolute atomic E-state index is 0.0398. The molecule has 3 aromatic rings. The number of aromatic hydroxyl groups is 1. The van der Waals surface area contributed by atoms with E-state index >= 15 is 0 Å². The zero-order valence-corrected chi connectivity index (χ0v) is 18.7. The fourth-order valence-corrected chi connectivity index (χ4v) is 5.17. The molecule has 5 rings (SSSR count). The summed E-state index contributed by atoms with van der Waals surface area (Å²) in [4.78, 5) is 23.7. The lowest BCUT2D eigenvalue weighted by atomic mass is 9.73. The van der Waals surface area contributed by atoms with Gasteiger partial charge in [-0.3, -0.25) is 9.36 Å². The second-order valence-corrected chi connectivity index (χ2v) is 9.00. The third-order valence-corrected chi connectivity index (χ3v) is 7.06. The molecule has 0 bridgehead atoms. The Bertz CT molecular complexity index is 1310. The van der Waals surface area contributed by atoms with Crippen LogP contribution >= 0.6 is 0 Å². The van der Waals surface area contributed by atoms with Crippen molar-refractivity contribution in [3.8, 4) is 17.7 Å². The quantitative estimate of drug-likeness (QED) is 0.593. The lowest BCUT2D eigenvalue weighted by Gasteiger charge is -2.42. The van der Waals surface area contributed by atoms with Crippen molar-refractivity contribution >= 4 is 5.95 Å². The molecule has 0 radical (unpaired) electrons. The van der Waals surface area contributed by atoms with Crippen LogP contribution in [-0.2, 0) is 19.9 Å². The van der Waals surface area contributed by atoms with Crippen LogP contribution in [0.3, 0.4) is 0 Å². The molecule has 0 saturated carbocycles. The monoisotopic (exact) mass is 441 g/mol. The first kappa shape index (κ1) is 21.2. The van der Waals surface area contributed by atoms with Gasteiger partial charge in [-0.25, -0.2) is 9.97 Å². The van der Waals surface area contributed by atoms with Crippen LogP contribution < -0.4 is 16.2 Å². The second kappa shape index (κ2) is 8.38. The van der Waals surface area contributed by atoms with E-state index in [1.807, 2.05) is 0 Å². The summed E-state index contributed by atoms with van der Waals surface area (Å²) in [6, 6.07) is 13.6. The average molecular weight is 442 g/mol. The number of hydrogen-bond donors (Lipinski definition) is 2. The Labute approximate surface area is 192 Å². The van der Waals surface area contributed by atoms with E-state index in [0.29, 0.717) is 23.6 Å². The van der Waals surface area contributed by atoms with E-state index in [4.69, 9.17) is 5.73 Å². The highest BCUT2D eigenvalue weighted by atomic mass is 16.3. The Morgan fingerprint density at radius 3 is 2.73 bits per heavy atom. The standard InChI is InChI=1S/C26H27N5O2/c1-30-24(33)19(7-4-8-20-9-5-11-22(32)29-20)17-28-25(30)31-14-12-26(13-15-31)16-18-6-2-3-10-21(18)23(26)27/h2-3,5-6,9-11,17,23H,8,12-16,27H2,1H3,(H,29,32)/t23-/m1/s1. The Balaban J connectivity index is 1.29. The van der Waals surface area contributed by atoms with E-state index in [-0.39, 0.29) is 22.9 Å². The molecule has 2 aromatic heterocycles. The molecule has 7 heteroatoms. The van der Waals surface area contributed by atoms with E-state index in [1.165, 1.54) is 17.2 Å². The lowest BCUT2D eigenvalue weighted by molar-refractivity contribution is 0.186. The van der Waals surface area contributed by atoms with Gasteiger partial charge in [0.1, 0.15) is 5.56 Å². The maximum Gasteiger partial charge on any atom is 0.270 e. The molecule has 3 heterocycles. The second-order valence-electron chi connectivity index (χ2n) is 9.00. The molecular formula is C26H27N5O2. The van der Waals surface area contributed by atoms with Crippen molar-refractivity contribution in [3.63, 3.8) is 0 Å². The molecule has 3 N–H and O–H groups in total. The van der Waals surface area contributed by atoms with Gasteiger partial charge in [-0.2, -0.15) is 0 Å². The minimum atomic E-state index is -0.165. The molecule has 1 saturated heterocycles. The van der Waals surface area contributed by atoms with Gasteiger partial charge in [0, 0.05) is 32.2 Å². The van der Waals surface area contributed by atoms with E-state index in [1.54, 1.807) is 29.9 Å². The third kappa shape index (κ3) is 3.87. The smallest absolute Gasteiger partial charge is 0.270 e. The molecule has 1 aliphatic carbocycles. The Kier molecular flexibility index (Phi) is 5.39. The van der Waals surface area contributed by atoms with Gasteiger partial charge in [0.05, 0.1) is 18.3 Å². The number of aromatic nitrogens is 3. The van der Waals surface area contributed by atoms with Crippen molar-refractivity contribution < 1.29 is 5.11 Å². The summed E-state index contributed by atoms with van der Waals surface area (Å²) in [7, 11) is 1.74. The van der Waals surface area contributed by atoms with E-state index in [2.05, 4.69) is 51.0 Å². The first-order chi connectivity index (χ1) is 16.0. The van der Waals surface area contributed by atoms with Crippen LogP contribution in [0.15, 0.2) is 53.5 Å². The number of hydrogen-bond acceptors (Lipinski definition) is 6. The molecule has 1 spiro atoms. The highest BCUT2D eigenvalue weighted by Crippen LogP contribution is 2.50. The van der Waals surface area contributed by atoms with Gasteiger partial charge < -0.3 is 15.7 Å². The summed E-state index contributed by atoms with van der Waals surface area (Å²) in [6.07, 6.45) is 4.86. The third-order valence-electron chi connectivity index (χ3n) is 7.06. The molecule has 1 aromatic carbocycles. The minimum Gasteiger partial charge on any atom is -0.493 e. The predicted molar refractivity (Wildman–Crippen MR) is 127 cm³/mol. The van der Waals surface area contributed by atoms with E-state index in [0.717, 1.165) is 32.4 Å². The van der Waals surface area contributed by atoms with Crippen molar-refractivity contribution in [2.45, 2.75) is 31.7 Å². The summed E-state index contributed by atoms with van der Waals surface area (Å²) in [5.74, 6) is 6.49. The number of benzene rings is 1. The molecular weight excluding hydrogens is 414 g/mol. The predicted octanol–water partition coefficient (Wildman–Crippen LogP) is 2.32. The molecule has 1 aliphatic heterocycles. The molecule has 1 fully saturated rings. The molecule has 33 heavy (non-hydrogen) atoms. The maximum atomic E-state index is 12.9. The molecule has 7 nitrogen and oxygen atoms in total. The highest BCUT2D eigenvalue weighted by Gasteiger charge is 2.46. The average Bonchev–Trinajstić information content (AvgIpc) is 3.09. The van der Waals surface area contributed by atoms with Crippen LogP contribution in [-0.4, -0.2) is 32.7 Å². The highest BCUT2D eigenvalue weighted by molar-refractivity contribution is 5.41. The molecule has 1 atom stereocenters. The fraction of sp³-hybridized carbons (Fsp3) is 0.346. The fourth-order valence-electron chi connectivity index (χ4n) is 5.17. The van der Waals surface area contributed by atoms with Crippen LogP contribution in [0.25, 0.3) is 0 Å². The number of nitrogens with zero attached hydrogens (tertiary/aromatic N) is 4. The van der Waals surface area contributed by atoms with Crippen molar-refractivity contribution in [3.05, 3.63) is 81.4 Å². The molecule has 168 valence electrons. The van der Waals surface area contributed by atoms with Crippen LogP contribution in [0.4, 0.5) is 5.95 Å². The largest absolute Gasteiger partial charge is 0.493 e. The van der Waals surface area contributed by atoms with Crippen LogP contribution in [0.5, 0.6) is 5.88 Å². The number of rotatable bonds is 2. The van der Waals surface area contributed by atoms with Gasteiger partial charge in [0.2, 0.25) is 11.8 Å². The summed E-state index contributed by atoms with van der Waals surface area (Å²) in [6.45, 7) is 1.63. The first-order valence-corrected chi connectivity index (χ1v) is 11.2. The van der Waals surface area contributed by atoms with Gasteiger partial charge in [-0.05, 0) is 41.9 Å². The Morgan fingerprint density at radius 2 is 1.97 bits per heavy atom. The van der Waals surface area contributed by atoms with Gasteiger partial charge in [-0.1, -0.05) is 42.2 Å². The van der Waals surface area contributed by atoms with E-state index < -0.39 is 0 Å². The van der Waals surface area contributed by atoms with Crippen LogP contribution in [0.2, 0.25) is 0 Å². The maximum absolute atomic E-state index is 12.9. The number of piperidine rings is 1. The summed E-state index contributed by atoms with van der Waals surface area (Å²) < 4.78 is 1.58. The summed E-state index contributed by atoms with van der Waals surface area (Å²) in [5.41, 5.74) is 10.3. The van der Waals surface area contributed by atoms with Crippen molar-refractivity contribution in [2.75, 3.05) is 18.0 Å². The zero-order valence-electron chi connectivity index (χ0n) is 18.7. The molecule has 2 aliphatic rings.